The van der Waals surface area contributed by atoms with E-state index in [1.165, 1.54) is 141 Å². The van der Waals surface area contributed by atoms with Crippen molar-refractivity contribution in [2.24, 2.45) is 0 Å². The summed E-state index contributed by atoms with van der Waals surface area (Å²) in [6.45, 7) is 6.52. The van der Waals surface area contributed by atoms with Crippen LogP contribution in [0.1, 0.15) is 278 Å². The van der Waals surface area contributed by atoms with Gasteiger partial charge in [0.05, 0.1) is 0 Å². The van der Waals surface area contributed by atoms with Crippen molar-refractivity contribution in [1.29, 1.82) is 0 Å². The monoisotopic (exact) mass is 987 g/mol. The number of carbonyl (C=O) groups excluding carboxylic acids is 3. The van der Waals surface area contributed by atoms with Gasteiger partial charge >= 0.3 is 17.9 Å². The van der Waals surface area contributed by atoms with Crippen LogP contribution in [0.2, 0.25) is 0 Å². The molecule has 0 amide bonds. The van der Waals surface area contributed by atoms with Crippen LogP contribution >= 0.6 is 0 Å². The average molecular weight is 988 g/mol. The van der Waals surface area contributed by atoms with E-state index in [-0.39, 0.29) is 31.6 Å². The molecule has 0 saturated heterocycles. The first-order valence-corrected chi connectivity index (χ1v) is 29.7. The fourth-order valence-electron chi connectivity index (χ4n) is 8.04. The fraction of sp³-hybridized carbons (Fsp3) is 0.708. The first kappa shape index (κ1) is 67.3. The van der Waals surface area contributed by atoms with Crippen molar-refractivity contribution in [1.82, 2.24) is 0 Å². The Morgan fingerprint density at radius 3 is 0.887 bits per heavy atom. The molecule has 0 rings (SSSR count). The molecule has 0 radical (unpaired) electrons. The molecule has 0 aliphatic heterocycles. The van der Waals surface area contributed by atoms with E-state index in [9.17, 15) is 14.4 Å². The van der Waals surface area contributed by atoms with Gasteiger partial charge in [-0.1, -0.05) is 240 Å². The topological polar surface area (TPSA) is 78.9 Å². The maximum Gasteiger partial charge on any atom is 0.306 e. The summed E-state index contributed by atoms with van der Waals surface area (Å²) in [5.41, 5.74) is 0. The Balaban J connectivity index is 4.51. The van der Waals surface area contributed by atoms with E-state index in [4.69, 9.17) is 14.2 Å². The molecule has 0 N–H and O–H groups in total. The van der Waals surface area contributed by atoms with E-state index in [1.807, 2.05) is 6.08 Å². The lowest BCUT2D eigenvalue weighted by Gasteiger charge is -2.18. The van der Waals surface area contributed by atoms with E-state index >= 15 is 0 Å². The molecule has 71 heavy (non-hydrogen) atoms. The minimum atomic E-state index is -0.825. The third kappa shape index (κ3) is 57.1. The maximum absolute atomic E-state index is 12.8. The first-order valence-electron chi connectivity index (χ1n) is 29.7. The predicted molar refractivity (Wildman–Crippen MR) is 307 cm³/mol. The summed E-state index contributed by atoms with van der Waals surface area (Å²) in [6, 6.07) is 0. The Hall–Kier alpha value is -3.67. The molecule has 6 heteroatoms. The van der Waals surface area contributed by atoms with Crippen molar-refractivity contribution in [3.63, 3.8) is 0 Å². The number of ether oxygens (including phenoxy) is 3. The van der Waals surface area contributed by atoms with Crippen LogP contribution in [0.4, 0.5) is 0 Å². The van der Waals surface area contributed by atoms with Crippen LogP contribution in [0, 0.1) is 0 Å². The summed E-state index contributed by atoms with van der Waals surface area (Å²) in [5, 5.41) is 0. The molecule has 0 unspecified atom stereocenters. The lowest BCUT2D eigenvalue weighted by Crippen LogP contribution is -2.30. The SMILES string of the molecule is CCCCC/C=C\C/C=C\C/C=C\C/C=C\C/C=C\CCC(=O)O[C@H](COC(=O)CCCCCCC/C=C\C/C=C\CCCCC)COC(=O)CCCCCCCCCCC/C=C\CCCCCCCC. The average Bonchev–Trinajstić information content (AvgIpc) is 3.37. The van der Waals surface area contributed by atoms with Gasteiger partial charge in [-0.15, -0.1) is 0 Å². The van der Waals surface area contributed by atoms with Gasteiger partial charge in [-0.05, 0) is 116 Å². The van der Waals surface area contributed by atoms with E-state index in [0.29, 0.717) is 19.3 Å². The normalized spacial score (nSPS) is 12.8. The third-order valence-electron chi connectivity index (χ3n) is 12.5. The van der Waals surface area contributed by atoms with E-state index < -0.39 is 12.1 Å². The second-order valence-electron chi connectivity index (χ2n) is 19.5. The van der Waals surface area contributed by atoms with Crippen LogP contribution in [-0.4, -0.2) is 37.2 Å². The molecule has 0 bridgehead atoms. The molecule has 0 fully saturated rings. The highest BCUT2D eigenvalue weighted by Gasteiger charge is 2.19. The van der Waals surface area contributed by atoms with Crippen LogP contribution in [0.5, 0.6) is 0 Å². The molecule has 0 aliphatic carbocycles. The molecule has 6 nitrogen and oxygen atoms in total. The van der Waals surface area contributed by atoms with Crippen LogP contribution < -0.4 is 0 Å². The number of hydrogen-bond acceptors (Lipinski definition) is 6. The second-order valence-corrected chi connectivity index (χ2v) is 19.5. The zero-order valence-electron chi connectivity index (χ0n) is 46.5. The Morgan fingerprint density at radius 2 is 0.535 bits per heavy atom. The highest BCUT2D eigenvalue weighted by atomic mass is 16.6. The Morgan fingerprint density at radius 1 is 0.282 bits per heavy atom. The number of allylic oxidation sites excluding steroid dienone is 16. The van der Waals surface area contributed by atoms with Crippen LogP contribution in [0.3, 0.4) is 0 Å². The number of carbonyl (C=O) groups is 3. The molecule has 0 aromatic carbocycles. The zero-order valence-corrected chi connectivity index (χ0v) is 46.5. The minimum absolute atomic E-state index is 0.113. The first-order chi connectivity index (χ1) is 35.0. The minimum Gasteiger partial charge on any atom is -0.462 e. The van der Waals surface area contributed by atoms with Crippen molar-refractivity contribution in [3.8, 4) is 0 Å². The molecule has 0 aromatic heterocycles. The molecular weight excluding hydrogens is 877 g/mol. The van der Waals surface area contributed by atoms with Gasteiger partial charge in [0.1, 0.15) is 13.2 Å². The smallest absolute Gasteiger partial charge is 0.306 e. The number of hydrogen-bond donors (Lipinski definition) is 0. The maximum atomic E-state index is 12.8. The summed E-state index contributed by atoms with van der Waals surface area (Å²) in [6.07, 6.45) is 78.4. The molecular formula is C65H110O6. The molecule has 1 atom stereocenters. The van der Waals surface area contributed by atoms with Gasteiger partial charge in [-0.3, -0.25) is 14.4 Å². The van der Waals surface area contributed by atoms with E-state index in [0.717, 1.165) is 89.9 Å². The zero-order chi connectivity index (χ0) is 51.4. The van der Waals surface area contributed by atoms with Gasteiger partial charge in [0.2, 0.25) is 0 Å². The predicted octanol–water partition coefficient (Wildman–Crippen LogP) is 20.1. The van der Waals surface area contributed by atoms with Gasteiger partial charge in [0.15, 0.2) is 6.10 Å². The Bertz CT molecular complexity index is 1410. The van der Waals surface area contributed by atoms with Crippen molar-refractivity contribution in [3.05, 3.63) is 97.2 Å². The molecule has 0 aromatic rings. The van der Waals surface area contributed by atoms with Crippen molar-refractivity contribution in [2.75, 3.05) is 13.2 Å². The number of unbranched alkanes of at least 4 members (excludes halogenated alkanes) is 26. The van der Waals surface area contributed by atoms with Crippen molar-refractivity contribution < 1.29 is 28.6 Å². The summed E-state index contributed by atoms with van der Waals surface area (Å²) in [4.78, 5) is 38.2. The standard InChI is InChI=1S/C65H110O6/c1-4-7-10-13-16-19-22-25-28-30-32-34-37-40-43-46-49-52-55-58-64(67)70-61-62(60-69-63(66)57-54-51-48-45-42-39-36-27-24-21-18-15-12-9-6-3)71-65(68)59-56-53-50-47-44-41-38-35-33-31-29-26-23-20-17-14-11-8-5-2/h17-18,20-21,25-29,33,35-36,41,44,50,53,62H,4-16,19,22-24,30-32,34,37-40,42-43,45-49,51-52,54-61H2,1-3H3/b20-17-,21-18-,28-25-,29-26-,35-33-,36-27-,44-41-,53-50-/t62-/m1/s1. The fourth-order valence-corrected chi connectivity index (χ4v) is 8.04. The highest BCUT2D eigenvalue weighted by molar-refractivity contribution is 5.71. The van der Waals surface area contributed by atoms with Crippen LogP contribution in [-0.2, 0) is 28.6 Å². The molecule has 0 heterocycles. The lowest BCUT2D eigenvalue weighted by molar-refractivity contribution is -0.166. The summed E-state index contributed by atoms with van der Waals surface area (Å²) in [5.74, 6) is -1.01. The van der Waals surface area contributed by atoms with Gasteiger partial charge in [0.25, 0.3) is 0 Å². The molecule has 0 spiro atoms. The van der Waals surface area contributed by atoms with Crippen LogP contribution in [0.25, 0.3) is 0 Å². The Kier molecular flexibility index (Phi) is 55.9. The second kappa shape index (κ2) is 58.9. The quantitative estimate of drug-likeness (QED) is 0.0261. The molecule has 406 valence electrons. The lowest BCUT2D eigenvalue weighted by atomic mass is 10.1. The summed E-state index contributed by atoms with van der Waals surface area (Å²) < 4.78 is 16.8. The van der Waals surface area contributed by atoms with Gasteiger partial charge in [0, 0.05) is 19.3 Å². The third-order valence-corrected chi connectivity index (χ3v) is 12.5. The van der Waals surface area contributed by atoms with E-state index in [2.05, 4.69) is 112 Å². The molecule has 0 saturated carbocycles. The van der Waals surface area contributed by atoms with Crippen molar-refractivity contribution in [2.45, 2.75) is 284 Å². The number of rotatable bonds is 53. The van der Waals surface area contributed by atoms with Crippen molar-refractivity contribution >= 4 is 17.9 Å². The largest absolute Gasteiger partial charge is 0.462 e. The van der Waals surface area contributed by atoms with Crippen LogP contribution in [0.15, 0.2) is 97.2 Å². The van der Waals surface area contributed by atoms with Gasteiger partial charge in [-0.2, -0.15) is 0 Å². The Labute approximate surface area is 438 Å². The number of esters is 3. The molecule has 0 aliphatic rings. The van der Waals surface area contributed by atoms with E-state index in [1.54, 1.807) is 0 Å². The summed E-state index contributed by atoms with van der Waals surface area (Å²) in [7, 11) is 0. The highest BCUT2D eigenvalue weighted by Crippen LogP contribution is 2.14. The summed E-state index contributed by atoms with van der Waals surface area (Å²) >= 11 is 0. The van der Waals surface area contributed by atoms with Gasteiger partial charge in [-0.25, -0.2) is 0 Å². The van der Waals surface area contributed by atoms with Gasteiger partial charge < -0.3 is 14.2 Å².